The summed E-state index contributed by atoms with van der Waals surface area (Å²) in [4.78, 5) is 13.1. The first kappa shape index (κ1) is 14.4. The van der Waals surface area contributed by atoms with Gasteiger partial charge in [-0.2, -0.15) is 0 Å². The molecule has 1 rings (SSSR count). The summed E-state index contributed by atoms with van der Waals surface area (Å²) >= 11 is 0. The van der Waals surface area contributed by atoms with Gasteiger partial charge in [0, 0.05) is 26.1 Å². The number of hydrogen-bond acceptors (Lipinski definition) is 3. The molecule has 1 N–H and O–H groups in total. The number of amides is 1. The van der Waals surface area contributed by atoms with E-state index in [9.17, 15) is 13.2 Å². The van der Waals surface area contributed by atoms with Crippen molar-refractivity contribution in [3.63, 3.8) is 0 Å². The zero-order valence-electron chi connectivity index (χ0n) is 10.6. The van der Waals surface area contributed by atoms with Crippen LogP contribution in [0, 0.1) is 0 Å². The van der Waals surface area contributed by atoms with Gasteiger partial charge in [-0.05, 0) is 19.3 Å². The number of hydrogen-bond donors (Lipinski definition) is 1. The van der Waals surface area contributed by atoms with Crippen LogP contribution in [0.25, 0.3) is 0 Å². The van der Waals surface area contributed by atoms with Crippen LogP contribution in [-0.4, -0.2) is 44.1 Å². The molecule has 17 heavy (non-hydrogen) atoms. The van der Waals surface area contributed by atoms with Crippen molar-refractivity contribution < 1.29 is 13.2 Å². The van der Waals surface area contributed by atoms with Crippen molar-refractivity contribution in [3.8, 4) is 0 Å². The first-order valence-electron chi connectivity index (χ1n) is 6.21. The Morgan fingerprint density at radius 2 is 2.06 bits per heavy atom. The van der Waals surface area contributed by atoms with Crippen LogP contribution in [-0.2, 0) is 14.8 Å². The average molecular weight is 262 g/mol. The molecule has 0 aromatic rings. The van der Waals surface area contributed by atoms with E-state index in [-0.39, 0.29) is 11.7 Å². The average Bonchev–Trinajstić information content (AvgIpc) is 3.05. The molecule has 0 aromatic carbocycles. The fourth-order valence-corrected chi connectivity index (χ4v) is 2.93. The third-order valence-electron chi connectivity index (χ3n) is 2.83. The van der Waals surface area contributed by atoms with Gasteiger partial charge in [-0.3, -0.25) is 4.79 Å². The molecule has 100 valence electrons. The lowest BCUT2D eigenvalue weighted by molar-refractivity contribution is -0.129. The van der Waals surface area contributed by atoms with Gasteiger partial charge in [-0.15, -0.1) is 0 Å². The molecule has 0 saturated heterocycles. The Hall–Kier alpha value is -0.620. The smallest absolute Gasteiger partial charge is 0.219 e. The van der Waals surface area contributed by atoms with Crippen LogP contribution in [0.2, 0.25) is 0 Å². The van der Waals surface area contributed by atoms with Crippen molar-refractivity contribution >= 4 is 15.9 Å². The van der Waals surface area contributed by atoms with E-state index in [2.05, 4.69) is 4.72 Å². The van der Waals surface area contributed by atoms with E-state index < -0.39 is 10.0 Å². The molecule has 0 atom stereocenters. The maximum absolute atomic E-state index is 11.5. The predicted octanol–water partition coefficient (Wildman–Crippen LogP) is 0.717. The van der Waals surface area contributed by atoms with Gasteiger partial charge in [0.05, 0.1) is 5.75 Å². The van der Waals surface area contributed by atoms with Crippen LogP contribution in [0.15, 0.2) is 0 Å². The maximum Gasteiger partial charge on any atom is 0.219 e. The van der Waals surface area contributed by atoms with Crippen molar-refractivity contribution in [2.75, 3.05) is 18.8 Å². The van der Waals surface area contributed by atoms with Gasteiger partial charge in [-0.25, -0.2) is 13.1 Å². The van der Waals surface area contributed by atoms with Crippen LogP contribution in [0.4, 0.5) is 0 Å². The van der Waals surface area contributed by atoms with E-state index in [0.717, 1.165) is 19.3 Å². The fraction of sp³-hybridized carbons (Fsp3) is 0.909. The summed E-state index contributed by atoms with van der Waals surface area (Å²) in [5.41, 5.74) is 0. The van der Waals surface area contributed by atoms with Crippen molar-refractivity contribution in [2.45, 2.75) is 45.6 Å². The molecule has 1 fully saturated rings. The second-order valence-corrected chi connectivity index (χ2v) is 6.44. The summed E-state index contributed by atoms with van der Waals surface area (Å²) in [6.07, 6.45) is 3.63. The Balaban J connectivity index is 2.28. The summed E-state index contributed by atoms with van der Waals surface area (Å²) in [6.45, 7) is 4.29. The lowest BCUT2D eigenvalue weighted by Crippen LogP contribution is -2.39. The van der Waals surface area contributed by atoms with E-state index in [1.54, 1.807) is 4.90 Å². The van der Waals surface area contributed by atoms with Crippen molar-refractivity contribution in [1.29, 1.82) is 0 Å². The molecule has 0 radical (unpaired) electrons. The highest BCUT2D eigenvalue weighted by molar-refractivity contribution is 7.89. The molecule has 1 amide bonds. The van der Waals surface area contributed by atoms with Gasteiger partial charge < -0.3 is 4.90 Å². The molecule has 0 spiro atoms. The zero-order valence-corrected chi connectivity index (χ0v) is 11.4. The Morgan fingerprint density at radius 1 is 1.41 bits per heavy atom. The quantitative estimate of drug-likeness (QED) is 0.701. The third kappa shape index (κ3) is 5.50. The van der Waals surface area contributed by atoms with E-state index in [0.29, 0.717) is 25.6 Å². The third-order valence-corrected chi connectivity index (χ3v) is 4.30. The molecule has 0 aromatic heterocycles. The Labute approximate surface area is 104 Å². The summed E-state index contributed by atoms with van der Waals surface area (Å²) in [7, 11) is -3.16. The molecule has 1 aliphatic carbocycles. The van der Waals surface area contributed by atoms with Crippen LogP contribution < -0.4 is 4.72 Å². The fourth-order valence-electron chi connectivity index (χ4n) is 1.71. The molecule has 0 heterocycles. The van der Waals surface area contributed by atoms with Gasteiger partial charge in [0.2, 0.25) is 15.9 Å². The summed E-state index contributed by atoms with van der Waals surface area (Å²) in [5.74, 6) is 0.202. The second-order valence-electron chi connectivity index (χ2n) is 4.51. The molecular formula is C11H22N2O3S. The summed E-state index contributed by atoms with van der Waals surface area (Å²) < 4.78 is 25.6. The highest BCUT2D eigenvalue weighted by atomic mass is 32.2. The molecule has 0 aliphatic heterocycles. The minimum Gasteiger partial charge on any atom is -0.339 e. The predicted molar refractivity (Wildman–Crippen MR) is 67.1 cm³/mol. The largest absolute Gasteiger partial charge is 0.339 e. The summed E-state index contributed by atoms with van der Waals surface area (Å²) in [5, 5.41) is 0. The Kier molecular flexibility index (Phi) is 5.39. The lowest BCUT2D eigenvalue weighted by atomic mass is 10.4. The van der Waals surface area contributed by atoms with Gasteiger partial charge in [0.15, 0.2) is 0 Å². The number of sulfonamides is 1. The number of nitrogens with zero attached hydrogens (tertiary/aromatic N) is 1. The van der Waals surface area contributed by atoms with E-state index in [1.807, 2.05) is 6.92 Å². The highest BCUT2D eigenvalue weighted by Crippen LogP contribution is 2.26. The topological polar surface area (TPSA) is 66.5 Å². The molecule has 5 nitrogen and oxygen atoms in total. The lowest BCUT2D eigenvalue weighted by Gasteiger charge is -2.20. The first-order chi connectivity index (χ1) is 7.96. The van der Waals surface area contributed by atoms with E-state index in [1.165, 1.54) is 6.92 Å². The van der Waals surface area contributed by atoms with Gasteiger partial charge >= 0.3 is 0 Å². The highest BCUT2D eigenvalue weighted by Gasteiger charge is 2.30. The van der Waals surface area contributed by atoms with Crippen molar-refractivity contribution in [3.05, 3.63) is 0 Å². The van der Waals surface area contributed by atoms with Crippen LogP contribution >= 0.6 is 0 Å². The number of carbonyl (C=O) groups excluding carboxylic acids is 1. The van der Waals surface area contributed by atoms with Crippen LogP contribution in [0.3, 0.4) is 0 Å². The first-order valence-corrected chi connectivity index (χ1v) is 7.86. The molecule has 0 unspecified atom stereocenters. The monoisotopic (exact) mass is 262 g/mol. The molecule has 1 aliphatic rings. The van der Waals surface area contributed by atoms with Crippen LogP contribution in [0.1, 0.15) is 39.5 Å². The zero-order chi connectivity index (χ0) is 12.9. The Morgan fingerprint density at radius 3 is 2.53 bits per heavy atom. The maximum atomic E-state index is 11.5. The number of unbranched alkanes of at least 4 members (excludes halogenated alkanes) is 1. The number of rotatable bonds is 8. The van der Waals surface area contributed by atoms with Crippen LogP contribution in [0.5, 0.6) is 0 Å². The SMILES string of the molecule is CCCCS(=O)(=O)NCCN(C(C)=O)C1CC1. The minimum absolute atomic E-state index is 0.0280. The molecular weight excluding hydrogens is 240 g/mol. The minimum atomic E-state index is -3.16. The molecule has 0 bridgehead atoms. The van der Waals surface area contributed by atoms with Gasteiger partial charge in [-0.1, -0.05) is 13.3 Å². The van der Waals surface area contributed by atoms with E-state index in [4.69, 9.17) is 0 Å². The number of nitrogens with one attached hydrogen (secondary N) is 1. The van der Waals surface area contributed by atoms with Crippen molar-refractivity contribution in [2.24, 2.45) is 0 Å². The Bertz CT molecular complexity index is 350. The second kappa shape index (κ2) is 6.35. The van der Waals surface area contributed by atoms with Crippen molar-refractivity contribution in [1.82, 2.24) is 9.62 Å². The normalized spacial score (nSPS) is 15.9. The van der Waals surface area contributed by atoms with E-state index >= 15 is 0 Å². The summed E-state index contributed by atoms with van der Waals surface area (Å²) in [6, 6.07) is 0.340. The number of carbonyl (C=O) groups is 1. The standard InChI is InChI=1S/C11H22N2O3S/c1-3-4-9-17(15,16)12-7-8-13(10(2)14)11-5-6-11/h11-12H,3-9H2,1-2H3. The molecule has 6 heteroatoms. The molecule has 1 saturated carbocycles. The van der Waals surface area contributed by atoms with Gasteiger partial charge in [0.25, 0.3) is 0 Å². The van der Waals surface area contributed by atoms with Gasteiger partial charge in [0.1, 0.15) is 0 Å².